The molecule has 1 aliphatic rings. The van der Waals surface area contributed by atoms with Gasteiger partial charge >= 0.3 is 0 Å². The van der Waals surface area contributed by atoms with E-state index in [4.69, 9.17) is 21.1 Å². The average molecular weight is 457 g/mol. The molecule has 170 valence electrons. The number of rotatable bonds is 10. The molecule has 3 rings (SSSR count). The lowest BCUT2D eigenvalue weighted by Gasteiger charge is -2.16. The van der Waals surface area contributed by atoms with Crippen LogP contribution in [0, 0.1) is 6.92 Å². The minimum Gasteiger partial charge on any atom is -0.494 e. The highest BCUT2D eigenvalue weighted by molar-refractivity contribution is 6.36. The molecule has 0 saturated carbocycles. The zero-order valence-corrected chi connectivity index (χ0v) is 19.7. The lowest BCUT2D eigenvalue weighted by atomic mass is 10.0. The van der Waals surface area contributed by atoms with E-state index in [1.54, 1.807) is 36.4 Å². The molecule has 0 bridgehead atoms. The summed E-state index contributed by atoms with van der Waals surface area (Å²) in [5.74, 6) is 0.0187. The molecule has 2 aromatic rings. The maximum atomic E-state index is 13.3. The highest BCUT2D eigenvalue weighted by atomic mass is 35.5. The first kappa shape index (κ1) is 23.8. The first-order chi connectivity index (χ1) is 15.3. The third-order valence-electron chi connectivity index (χ3n) is 5.13. The topological polar surface area (TPSA) is 67.9 Å². The lowest BCUT2D eigenvalue weighted by Crippen LogP contribution is -2.34. The van der Waals surface area contributed by atoms with Gasteiger partial charge in [-0.2, -0.15) is 0 Å². The quantitative estimate of drug-likeness (QED) is 0.400. The van der Waals surface area contributed by atoms with Crippen LogP contribution in [0.25, 0.3) is 5.57 Å². The summed E-state index contributed by atoms with van der Waals surface area (Å²) in [4.78, 5) is 27.9. The maximum Gasteiger partial charge on any atom is 0.278 e. The minimum absolute atomic E-state index is 0.0977. The van der Waals surface area contributed by atoms with Crippen LogP contribution in [0.15, 0.2) is 48.2 Å². The van der Waals surface area contributed by atoms with Gasteiger partial charge in [0.1, 0.15) is 11.4 Å². The van der Waals surface area contributed by atoms with Crippen molar-refractivity contribution in [2.45, 2.75) is 40.2 Å². The van der Waals surface area contributed by atoms with Crippen LogP contribution in [0.1, 0.15) is 38.3 Å². The highest BCUT2D eigenvalue weighted by Gasteiger charge is 2.39. The zero-order chi connectivity index (χ0) is 23.3. The fourth-order valence-corrected chi connectivity index (χ4v) is 3.64. The molecule has 2 aromatic carbocycles. The molecule has 0 unspecified atom stereocenters. The fraction of sp³-hybridized carbons (Fsp3) is 0.360. The van der Waals surface area contributed by atoms with E-state index in [1.807, 2.05) is 33.8 Å². The van der Waals surface area contributed by atoms with Crippen LogP contribution in [-0.2, 0) is 14.3 Å². The average Bonchev–Trinajstić information content (AvgIpc) is 2.99. The fourth-order valence-electron chi connectivity index (χ4n) is 3.47. The predicted molar refractivity (Wildman–Crippen MR) is 127 cm³/mol. The van der Waals surface area contributed by atoms with Crippen molar-refractivity contribution in [3.05, 3.63) is 64.3 Å². The van der Waals surface area contributed by atoms with Crippen molar-refractivity contribution in [3.8, 4) is 5.75 Å². The van der Waals surface area contributed by atoms with Crippen molar-refractivity contribution in [1.29, 1.82) is 0 Å². The standard InChI is InChI=1S/C25H29ClN2O4/c1-5-31-19-12-10-18(11-13-19)22-23(27-21-9-6-8-20(26)17(21)4)25(30)28(24(22)29)14-7-15-32-16(2)3/h6,8-13,16,27H,5,7,14-15H2,1-4H3. The molecule has 0 aromatic heterocycles. The molecule has 1 heterocycles. The minimum atomic E-state index is -0.359. The Morgan fingerprint density at radius 2 is 1.78 bits per heavy atom. The monoisotopic (exact) mass is 456 g/mol. The van der Waals surface area contributed by atoms with Gasteiger partial charge in [0.2, 0.25) is 0 Å². The summed E-state index contributed by atoms with van der Waals surface area (Å²) in [7, 11) is 0. The molecule has 0 fully saturated rings. The number of nitrogens with zero attached hydrogens (tertiary/aromatic N) is 1. The van der Waals surface area contributed by atoms with E-state index in [-0.39, 0.29) is 30.2 Å². The second-order valence-corrected chi connectivity index (χ2v) is 8.19. The Bertz CT molecular complexity index is 1020. The number of carbonyl (C=O) groups excluding carboxylic acids is 2. The number of benzene rings is 2. The van der Waals surface area contributed by atoms with Gasteiger partial charge in [0.25, 0.3) is 11.8 Å². The molecule has 0 spiro atoms. The molecular weight excluding hydrogens is 428 g/mol. The molecule has 0 saturated heterocycles. The number of carbonyl (C=O) groups is 2. The van der Waals surface area contributed by atoms with Crippen LogP contribution in [-0.4, -0.2) is 42.6 Å². The molecule has 2 amide bonds. The Balaban J connectivity index is 1.94. The van der Waals surface area contributed by atoms with E-state index < -0.39 is 0 Å². The Labute approximate surface area is 194 Å². The van der Waals surface area contributed by atoms with Gasteiger partial charge in [-0.3, -0.25) is 14.5 Å². The normalized spacial score (nSPS) is 14.0. The van der Waals surface area contributed by atoms with Crippen molar-refractivity contribution in [1.82, 2.24) is 4.90 Å². The maximum absolute atomic E-state index is 13.3. The lowest BCUT2D eigenvalue weighted by molar-refractivity contribution is -0.137. The second kappa shape index (κ2) is 10.7. The van der Waals surface area contributed by atoms with Crippen molar-refractivity contribution in [3.63, 3.8) is 0 Å². The van der Waals surface area contributed by atoms with Crippen molar-refractivity contribution < 1.29 is 19.1 Å². The van der Waals surface area contributed by atoms with Gasteiger partial charge in [-0.05, 0) is 69.5 Å². The predicted octanol–water partition coefficient (Wildman–Crippen LogP) is 5.05. The van der Waals surface area contributed by atoms with E-state index in [0.717, 1.165) is 5.56 Å². The number of nitrogens with one attached hydrogen (secondary N) is 1. The van der Waals surface area contributed by atoms with E-state index in [9.17, 15) is 9.59 Å². The molecule has 0 radical (unpaired) electrons. The highest BCUT2D eigenvalue weighted by Crippen LogP contribution is 2.33. The van der Waals surface area contributed by atoms with Crippen molar-refractivity contribution in [2.75, 3.05) is 25.1 Å². The first-order valence-corrected chi connectivity index (χ1v) is 11.2. The van der Waals surface area contributed by atoms with Gasteiger partial charge in [0.05, 0.1) is 18.3 Å². The van der Waals surface area contributed by atoms with Crippen LogP contribution in [0.4, 0.5) is 5.69 Å². The molecular formula is C25H29ClN2O4. The molecule has 7 heteroatoms. The molecule has 6 nitrogen and oxygen atoms in total. The van der Waals surface area contributed by atoms with Crippen LogP contribution in [0.2, 0.25) is 5.02 Å². The van der Waals surface area contributed by atoms with Gasteiger partial charge in [-0.15, -0.1) is 0 Å². The Hall–Kier alpha value is -2.83. The summed E-state index contributed by atoms with van der Waals surface area (Å²) < 4.78 is 11.1. The third kappa shape index (κ3) is 5.31. The smallest absolute Gasteiger partial charge is 0.278 e. The largest absolute Gasteiger partial charge is 0.494 e. The van der Waals surface area contributed by atoms with Crippen LogP contribution in [0.3, 0.4) is 0 Å². The SMILES string of the molecule is CCOc1ccc(C2=C(Nc3cccc(Cl)c3C)C(=O)N(CCCOC(C)C)C2=O)cc1. The van der Waals surface area contributed by atoms with E-state index >= 15 is 0 Å². The van der Waals surface area contributed by atoms with Gasteiger partial charge in [-0.1, -0.05) is 29.8 Å². The number of anilines is 1. The van der Waals surface area contributed by atoms with Crippen molar-refractivity contribution >= 4 is 34.7 Å². The Morgan fingerprint density at radius 1 is 1.06 bits per heavy atom. The number of hydrogen-bond donors (Lipinski definition) is 1. The third-order valence-corrected chi connectivity index (χ3v) is 5.54. The summed E-state index contributed by atoms with van der Waals surface area (Å²) in [6, 6.07) is 12.6. The zero-order valence-electron chi connectivity index (χ0n) is 18.9. The van der Waals surface area contributed by atoms with Gasteiger partial charge in [0.15, 0.2) is 0 Å². The van der Waals surface area contributed by atoms with E-state index in [1.165, 1.54) is 4.90 Å². The van der Waals surface area contributed by atoms with Crippen LogP contribution in [0.5, 0.6) is 5.75 Å². The molecule has 32 heavy (non-hydrogen) atoms. The molecule has 0 atom stereocenters. The number of halogens is 1. The second-order valence-electron chi connectivity index (χ2n) is 7.78. The van der Waals surface area contributed by atoms with Crippen LogP contribution >= 0.6 is 11.6 Å². The summed E-state index contributed by atoms with van der Waals surface area (Å²) in [6.07, 6.45) is 0.663. The summed E-state index contributed by atoms with van der Waals surface area (Å²) in [6.45, 7) is 8.98. The Kier molecular flexibility index (Phi) is 7.94. The summed E-state index contributed by atoms with van der Waals surface area (Å²) in [5.41, 5.74) is 2.71. The number of amides is 2. The molecule has 0 aliphatic carbocycles. The first-order valence-electron chi connectivity index (χ1n) is 10.8. The summed E-state index contributed by atoms with van der Waals surface area (Å²) >= 11 is 6.26. The van der Waals surface area contributed by atoms with Gasteiger partial charge < -0.3 is 14.8 Å². The van der Waals surface area contributed by atoms with Crippen molar-refractivity contribution in [2.24, 2.45) is 0 Å². The van der Waals surface area contributed by atoms with E-state index in [0.29, 0.717) is 47.2 Å². The number of ether oxygens (including phenoxy) is 2. The molecule has 1 N–H and O–H groups in total. The number of hydrogen-bond acceptors (Lipinski definition) is 5. The van der Waals surface area contributed by atoms with Crippen LogP contribution < -0.4 is 10.1 Å². The van der Waals surface area contributed by atoms with Gasteiger partial charge in [-0.25, -0.2) is 0 Å². The van der Waals surface area contributed by atoms with E-state index in [2.05, 4.69) is 5.32 Å². The summed E-state index contributed by atoms with van der Waals surface area (Å²) in [5, 5.41) is 3.76. The molecule has 1 aliphatic heterocycles. The van der Waals surface area contributed by atoms with Gasteiger partial charge in [0, 0.05) is 23.9 Å². The Morgan fingerprint density at radius 3 is 2.44 bits per heavy atom. The number of imide groups is 1.